The Balaban J connectivity index is 1.77. The van der Waals surface area contributed by atoms with Gasteiger partial charge in [-0.15, -0.1) is 0 Å². The molecule has 0 aliphatic carbocycles. The van der Waals surface area contributed by atoms with E-state index < -0.39 is 0 Å². The van der Waals surface area contributed by atoms with Crippen LogP contribution in [-0.4, -0.2) is 29.7 Å². The van der Waals surface area contributed by atoms with E-state index in [0.717, 1.165) is 42.7 Å². The number of nitrogens with zero attached hydrogens (tertiary/aromatic N) is 1. The van der Waals surface area contributed by atoms with Crippen LogP contribution in [0.5, 0.6) is 0 Å². The Kier molecular flexibility index (Phi) is 3.50. The molecule has 1 fully saturated rings. The van der Waals surface area contributed by atoms with Crippen molar-refractivity contribution >= 4 is 22.6 Å². The number of halogens is 1. The van der Waals surface area contributed by atoms with Crippen LogP contribution in [0.15, 0.2) is 23.2 Å². The predicted molar refractivity (Wildman–Crippen MR) is 77.4 cm³/mol. The zero-order chi connectivity index (χ0) is 13.3. The molecular formula is C14H17FN2OS. The quantitative estimate of drug-likeness (QED) is 0.857. The highest BCUT2D eigenvalue weighted by Crippen LogP contribution is 2.36. The van der Waals surface area contributed by atoms with Gasteiger partial charge in [0.2, 0.25) is 0 Å². The van der Waals surface area contributed by atoms with Crippen molar-refractivity contribution in [1.82, 2.24) is 0 Å². The van der Waals surface area contributed by atoms with E-state index in [-0.39, 0.29) is 11.4 Å². The molecule has 5 heteroatoms. The summed E-state index contributed by atoms with van der Waals surface area (Å²) in [5.41, 5.74) is 1.47. The fraction of sp³-hybridized carbons (Fsp3) is 0.500. The second kappa shape index (κ2) is 5.13. The van der Waals surface area contributed by atoms with Crippen LogP contribution >= 0.6 is 11.8 Å². The first-order valence-electron chi connectivity index (χ1n) is 6.51. The number of anilines is 1. The molecule has 2 aliphatic heterocycles. The molecule has 0 aromatic heterocycles. The van der Waals surface area contributed by atoms with Gasteiger partial charge in [0.15, 0.2) is 5.17 Å². The number of hydrogen-bond donors (Lipinski definition) is 1. The maximum atomic E-state index is 13.5. The molecule has 0 atom stereocenters. The van der Waals surface area contributed by atoms with Crippen LogP contribution in [0.1, 0.15) is 18.4 Å². The highest BCUT2D eigenvalue weighted by molar-refractivity contribution is 8.14. The highest BCUT2D eigenvalue weighted by atomic mass is 32.2. The Morgan fingerprint density at radius 3 is 2.95 bits per heavy atom. The predicted octanol–water partition coefficient (Wildman–Crippen LogP) is 3.20. The Labute approximate surface area is 116 Å². The van der Waals surface area contributed by atoms with Gasteiger partial charge in [-0.05, 0) is 31.9 Å². The van der Waals surface area contributed by atoms with Gasteiger partial charge in [0.1, 0.15) is 5.82 Å². The van der Waals surface area contributed by atoms with Gasteiger partial charge in [-0.1, -0.05) is 17.8 Å². The smallest absolute Gasteiger partial charge is 0.161 e. The number of thioether (sulfide) groups is 1. The van der Waals surface area contributed by atoms with E-state index >= 15 is 0 Å². The molecule has 0 saturated carbocycles. The molecule has 19 heavy (non-hydrogen) atoms. The molecule has 1 spiro atoms. The fourth-order valence-corrected chi connectivity index (χ4v) is 3.61. The number of ether oxygens (including phenoxy) is 1. The van der Waals surface area contributed by atoms with Crippen LogP contribution in [0.2, 0.25) is 0 Å². The third-order valence-corrected chi connectivity index (χ3v) is 4.90. The Bertz CT molecular complexity index is 512. The third kappa shape index (κ3) is 2.62. The van der Waals surface area contributed by atoms with Gasteiger partial charge < -0.3 is 10.1 Å². The highest BCUT2D eigenvalue weighted by Gasteiger charge is 2.37. The van der Waals surface area contributed by atoms with E-state index in [1.54, 1.807) is 24.8 Å². The van der Waals surface area contributed by atoms with Crippen molar-refractivity contribution in [2.45, 2.75) is 25.3 Å². The van der Waals surface area contributed by atoms with E-state index in [4.69, 9.17) is 9.73 Å². The lowest BCUT2D eigenvalue weighted by Gasteiger charge is -2.29. The SMILES string of the molecule is Cc1c(F)cccc1NC1=NC2(CCOCC2)CS1. The van der Waals surface area contributed by atoms with Crippen molar-refractivity contribution in [2.75, 3.05) is 24.3 Å². The zero-order valence-electron chi connectivity index (χ0n) is 10.9. The van der Waals surface area contributed by atoms with Gasteiger partial charge in [-0.25, -0.2) is 4.39 Å². The molecule has 0 unspecified atom stereocenters. The summed E-state index contributed by atoms with van der Waals surface area (Å²) in [5.74, 6) is 0.807. The average Bonchev–Trinajstić information content (AvgIpc) is 2.79. The lowest BCUT2D eigenvalue weighted by molar-refractivity contribution is 0.0624. The molecule has 1 saturated heterocycles. The molecule has 0 radical (unpaired) electrons. The summed E-state index contributed by atoms with van der Waals surface area (Å²) in [7, 11) is 0. The Morgan fingerprint density at radius 1 is 1.37 bits per heavy atom. The second-order valence-corrected chi connectivity index (χ2v) is 6.04. The van der Waals surface area contributed by atoms with E-state index in [1.807, 2.05) is 6.07 Å². The normalized spacial score (nSPS) is 21.5. The summed E-state index contributed by atoms with van der Waals surface area (Å²) in [6.07, 6.45) is 1.96. The molecule has 2 heterocycles. The summed E-state index contributed by atoms with van der Waals surface area (Å²) < 4.78 is 18.9. The molecule has 1 N–H and O–H groups in total. The molecule has 0 bridgehead atoms. The Hall–Kier alpha value is -1.07. The molecular weight excluding hydrogens is 263 g/mol. The van der Waals surface area contributed by atoms with E-state index in [1.165, 1.54) is 6.07 Å². The van der Waals surface area contributed by atoms with Crippen LogP contribution in [0.25, 0.3) is 0 Å². The minimum atomic E-state index is -0.186. The number of rotatable bonds is 1. The number of amidine groups is 1. The van der Waals surface area contributed by atoms with E-state index in [0.29, 0.717) is 5.56 Å². The van der Waals surface area contributed by atoms with Gasteiger partial charge in [0.25, 0.3) is 0 Å². The lowest BCUT2D eigenvalue weighted by Crippen LogP contribution is -2.34. The first-order chi connectivity index (χ1) is 9.19. The topological polar surface area (TPSA) is 33.6 Å². The summed E-state index contributed by atoms with van der Waals surface area (Å²) in [4.78, 5) is 4.81. The van der Waals surface area contributed by atoms with Crippen molar-refractivity contribution in [3.05, 3.63) is 29.6 Å². The van der Waals surface area contributed by atoms with E-state index in [9.17, 15) is 4.39 Å². The molecule has 3 rings (SSSR count). The molecule has 3 nitrogen and oxygen atoms in total. The van der Waals surface area contributed by atoms with E-state index in [2.05, 4.69) is 5.32 Å². The molecule has 1 aromatic carbocycles. The van der Waals surface area contributed by atoms with Gasteiger partial charge >= 0.3 is 0 Å². The largest absolute Gasteiger partial charge is 0.381 e. The third-order valence-electron chi connectivity index (χ3n) is 3.75. The monoisotopic (exact) mass is 280 g/mol. The van der Waals surface area contributed by atoms with Crippen LogP contribution < -0.4 is 5.32 Å². The maximum absolute atomic E-state index is 13.5. The number of benzene rings is 1. The minimum Gasteiger partial charge on any atom is -0.381 e. The molecule has 2 aliphatic rings. The average molecular weight is 280 g/mol. The summed E-state index contributed by atoms with van der Waals surface area (Å²) >= 11 is 1.72. The first kappa shape index (κ1) is 12.9. The van der Waals surface area contributed by atoms with Crippen molar-refractivity contribution in [3.63, 3.8) is 0 Å². The summed E-state index contributed by atoms with van der Waals surface area (Å²) in [6.45, 7) is 3.36. The second-order valence-electron chi connectivity index (χ2n) is 5.08. The van der Waals surface area contributed by atoms with Crippen LogP contribution in [0.4, 0.5) is 10.1 Å². The number of hydrogen-bond acceptors (Lipinski definition) is 4. The Morgan fingerprint density at radius 2 is 2.16 bits per heavy atom. The molecule has 1 aromatic rings. The molecule has 0 amide bonds. The van der Waals surface area contributed by atoms with Gasteiger partial charge in [-0.2, -0.15) is 0 Å². The molecule has 102 valence electrons. The van der Waals surface area contributed by atoms with Gasteiger partial charge in [-0.3, -0.25) is 4.99 Å². The maximum Gasteiger partial charge on any atom is 0.161 e. The fourth-order valence-electron chi connectivity index (χ4n) is 2.41. The van der Waals surface area contributed by atoms with Gasteiger partial charge in [0, 0.05) is 30.2 Å². The number of nitrogens with one attached hydrogen (secondary N) is 1. The van der Waals surface area contributed by atoms with Crippen LogP contribution in [0, 0.1) is 12.7 Å². The van der Waals surface area contributed by atoms with Crippen molar-refractivity contribution in [1.29, 1.82) is 0 Å². The lowest BCUT2D eigenvalue weighted by atomic mass is 9.93. The summed E-state index contributed by atoms with van der Waals surface area (Å²) in [5, 5.41) is 4.15. The van der Waals surface area contributed by atoms with Crippen molar-refractivity contribution in [3.8, 4) is 0 Å². The van der Waals surface area contributed by atoms with Crippen molar-refractivity contribution < 1.29 is 9.13 Å². The summed E-state index contributed by atoms with van der Waals surface area (Å²) in [6, 6.07) is 5.08. The van der Waals surface area contributed by atoms with Crippen molar-refractivity contribution in [2.24, 2.45) is 4.99 Å². The van der Waals surface area contributed by atoms with Crippen LogP contribution in [-0.2, 0) is 4.74 Å². The zero-order valence-corrected chi connectivity index (χ0v) is 11.7. The van der Waals surface area contributed by atoms with Gasteiger partial charge in [0.05, 0.1) is 5.54 Å². The minimum absolute atomic E-state index is 0.0342. The first-order valence-corrected chi connectivity index (χ1v) is 7.50. The number of aliphatic imine (C=N–C) groups is 1. The standard InChI is InChI=1S/C14H17FN2OS/c1-10-11(15)3-2-4-12(10)16-13-17-14(9-19-13)5-7-18-8-6-14/h2-4H,5-9H2,1H3,(H,16,17). The van der Waals surface area contributed by atoms with Crippen LogP contribution in [0.3, 0.4) is 0 Å².